The van der Waals surface area contributed by atoms with Crippen LogP contribution in [-0.2, 0) is 18.2 Å². The van der Waals surface area contributed by atoms with Crippen LogP contribution in [0, 0.1) is 0 Å². The SMILES string of the molecule is CCOC(=O)c1coc(NCCc2nccn2C)n1. The molecule has 2 heterocycles. The summed E-state index contributed by atoms with van der Waals surface area (Å²) in [6, 6.07) is 0.303. The van der Waals surface area contributed by atoms with Gasteiger partial charge in [0.2, 0.25) is 0 Å². The van der Waals surface area contributed by atoms with E-state index in [1.165, 1.54) is 6.26 Å². The summed E-state index contributed by atoms with van der Waals surface area (Å²) in [6.07, 6.45) is 5.65. The highest BCUT2D eigenvalue weighted by molar-refractivity contribution is 5.87. The molecule has 0 saturated carbocycles. The minimum Gasteiger partial charge on any atom is -0.461 e. The second-order valence-electron chi connectivity index (χ2n) is 3.89. The minimum absolute atomic E-state index is 0.168. The molecular formula is C12H16N4O3. The highest BCUT2D eigenvalue weighted by atomic mass is 16.5. The number of nitrogens with one attached hydrogen (secondary N) is 1. The number of aromatic nitrogens is 3. The Morgan fingerprint density at radius 3 is 3.11 bits per heavy atom. The van der Waals surface area contributed by atoms with Gasteiger partial charge in [0.05, 0.1) is 6.61 Å². The number of esters is 1. The zero-order valence-electron chi connectivity index (χ0n) is 10.9. The summed E-state index contributed by atoms with van der Waals surface area (Å²) in [6.45, 7) is 2.67. The number of hydrogen-bond acceptors (Lipinski definition) is 6. The largest absolute Gasteiger partial charge is 0.461 e. The van der Waals surface area contributed by atoms with Crippen molar-refractivity contribution >= 4 is 12.0 Å². The first-order chi connectivity index (χ1) is 9.20. The molecule has 7 heteroatoms. The molecule has 0 unspecified atom stereocenters. The number of ether oxygens (including phenoxy) is 1. The van der Waals surface area contributed by atoms with Gasteiger partial charge in [0, 0.05) is 32.4 Å². The van der Waals surface area contributed by atoms with Crippen LogP contribution in [0.2, 0.25) is 0 Å². The summed E-state index contributed by atoms with van der Waals surface area (Å²) in [7, 11) is 1.94. The topological polar surface area (TPSA) is 82.2 Å². The molecule has 0 saturated heterocycles. The molecule has 0 radical (unpaired) electrons. The lowest BCUT2D eigenvalue weighted by Crippen LogP contribution is -2.09. The van der Waals surface area contributed by atoms with Crippen LogP contribution in [-0.4, -0.2) is 33.7 Å². The van der Waals surface area contributed by atoms with E-state index in [0.29, 0.717) is 19.2 Å². The van der Waals surface area contributed by atoms with Crippen LogP contribution in [0.3, 0.4) is 0 Å². The molecule has 0 atom stereocenters. The summed E-state index contributed by atoms with van der Waals surface area (Å²) >= 11 is 0. The van der Waals surface area contributed by atoms with Crippen LogP contribution in [0.4, 0.5) is 6.01 Å². The number of carbonyl (C=O) groups excluding carboxylic acids is 1. The number of carbonyl (C=O) groups is 1. The lowest BCUT2D eigenvalue weighted by Gasteiger charge is -2.02. The standard InChI is InChI=1S/C12H16N4O3/c1-3-18-11(17)9-8-19-12(15-9)14-5-4-10-13-6-7-16(10)2/h6-8H,3-5H2,1-2H3,(H,14,15). The molecule has 0 amide bonds. The fraction of sp³-hybridized carbons (Fsp3) is 0.417. The Labute approximate surface area is 110 Å². The van der Waals surface area contributed by atoms with Crippen LogP contribution >= 0.6 is 0 Å². The van der Waals surface area contributed by atoms with Gasteiger partial charge in [-0.25, -0.2) is 9.78 Å². The molecule has 0 aromatic carbocycles. The van der Waals surface area contributed by atoms with E-state index >= 15 is 0 Å². The Balaban J connectivity index is 1.84. The Morgan fingerprint density at radius 2 is 2.42 bits per heavy atom. The van der Waals surface area contributed by atoms with E-state index in [-0.39, 0.29) is 5.69 Å². The normalized spacial score (nSPS) is 10.4. The van der Waals surface area contributed by atoms with Crippen LogP contribution in [0.5, 0.6) is 0 Å². The molecule has 0 aliphatic heterocycles. The van der Waals surface area contributed by atoms with Crippen LogP contribution in [0.15, 0.2) is 23.1 Å². The average molecular weight is 264 g/mol. The first-order valence-electron chi connectivity index (χ1n) is 6.03. The van der Waals surface area contributed by atoms with Gasteiger partial charge in [-0.3, -0.25) is 0 Å². The molecule has 19 heavy (non-hydrogen) atoms. The van der Waals surface area contributed by atoms with Gasteiger partial charge in [0.25, 0.3) is 6.01 Å². The number of hydrogen-bond donors (Lipinski definition) is 1. The van der Waals surface area contributed by atoms with Gasteiger partial charge in [-0.05, 0) is 6.92 Å². The van der Waals surface area contributed by atoms with Gasteiger partial charge in [-0.15, -0.1) is 0 Å². The summed E-state index contributed by atoms with van der Waals surface area (Å²) < 4.78 is 11.9. The first kappa shape index (κ1) is 13.1. The molecule has 2 rings (SSSR count). The van der Waals surface area contributed by atoms with Crippen molar-refractivity contribution in [1.82, 2.24) is 14.5 Å². The molecular weight excluding hydrogens is 248 g/mol. The second kappa shape index (κ2) is 6.03. The van der Waals surface area contributed by atoms with E-state index < -0.39 is 5.97 Å². The third-order valence-electron chi connectivity index (χ3n) is 2.53. The first-order valence-corrected chi connectivity index (χ1v) is 6.03. The Morgan fingerprint density at radius 1 is 1.58 bits per heavy atom. The van der Waals surface area contributed by atoms with E-state index in [1.54, 1.807) is 13.1 Å². The Kier molecular flexibility index (Phi) is 4.17. The van der Waals surface area contributed by atoms with Crippen molar-refractivity contribution < 1.29 is 13.9 Å². The fourth-order valence-corrected chi connectivity index (χ4v) is 1.57. The molecule has 0 bridgehead atoms. The lowest BCUT2D eigenvalue weighted by atomic mass is 10.4. The van der Waals surface area contributed by atoms with Crippen LogP contribution < -0.4 is 5.32 Å². The Bertz CT molecular complexity index is 547. The summed E-state index contributed by atoms with van der Waals surface area (Å²) in [5.41, 5.74) is 0.168. The third kappa shape index (κ3) is 3.34. The maximum Gasteiger partial charge on any atom is 0.360 e. The molecule has 0 aliphatic carbocycles. The Hall–Kier alpha value is -2.31. The molecule has 0 aliphatic rings. The zero-order valence-corrected chi connectivity index (χ0v) is 10.9. The number of oxazole rings is 1. The minimum atomic E-state index is -0.483. The number of imidazole rings is 1. The quantitative estimate of drug-likeness (QED) is 0.790. The van der Waals surface area contributed by atoms with Crippen LogP contribution in [0.1, 0.15) is 23.2 Å². The van der Waals surface area contributed by atoms with Crippen molar-refractivity contribution in [2.75, 3.05) is 18.5 Å². The molecule has 0 spiro atoms. The van der Waals surface area contributed by atoms with Gasteiger partial charge in [0.15, 0.2) is 5.69 Å². The van der Waals surface area contributed by atoms with Crippen molar-refractivity contribution in [2.24, 2.45) is 7.05 Å². The molecule has 1 N–H and O–H groups in total. The second-order valence-corrected chi connectivity index (χ2v) is 3.89. The molecule has 2 aromatic heterocycles. The van der Waals surface area contributed by atoms with Crippen molar-refractivity contribution in [2.45, 2.75) is 13.3 Å². The highest BCUT2D eigenvalue weighted by Gasteiger charge is 2.12. The monoisotopic (exact) mass is 264 g/mol. The molecule has 102 valence electrons. The number of nitrogens with zero attached hydrogens (tertiary/aromatic N) is 3. The summed E-state index contributed by atoms with van der Waals surface area (Å²) in [4.78, 5) is 19.6. The van der Waals surface area contributed by atoms with E-state index in [0.717, 1.165) is 12.2 Å². The predicted molar refractivity (Wildman–Crippen MR) is 67.9 cm³/mol. The average Bonchev–Trinajstić information content (AvgIpc) is 3.00. The van der Waals surface area contributed by atoms with Crippen molar-refractivity contribution in [3.63, 3.8) is 0 Å². The summed E-state index contributed by atoms with van der Waals surface area (Å²) in [5.74, 6) is 0.480. The molecule has 2 aromatic rings. The summed E-state index contributed by atoms with van der Waals surface area (Å²) in [5, 5.41) is 2.99. The van der Waals surface area contributed by atoms with Crippen molar-refractivity contribution in [3.8, 4) is 0 Å². The molecule has 0 fully saturated rings. The number of aryl methyl sites for hydroxylation is 1. The smallest absolute Gasteiger partial charge is 0.360 e. The molecule has 7 nitrogen and oxygen atoms in total. The highest BCUT2D eigenvalue weighted by Crippen LogP contribution is 2.08. The number of anilines is 1. The van der Waals surface area contributed by atoms with Gasteiger partial charge in [-0.2, -0.15) is 4.98 Å². The van der Waals surface area contributed by atoms with Gasteiger partial charge < -0.3 is 19.0 Å². The van der Waals surface area contributed by atoms with Gasteiger partial charge in [-0.1, -0.05) is 0 Å². The van der Waals surface area contributed by atoms with Gasteiger partial charge >= 0.3 is 5.97 Å². The maximum atomic E-state index is 11.4. The maximum absolute atomic E-state index is 11.4. The third-order valence-corrected chi connectivity index (χ3v) is 2.53. The van der Waals surface area contributed by atoms with E-state index in [2.05, 4.69) is 15.3 Å². The predicted octanol–water partition coefficient (Wildman–Crippen LogP) is 1.24. The van der Waals surface area contributed by atoms with Gasteiger partial charge in [0.1, 0.15) is 12.1 Å². The van der Waals surface area contributed by atoms with Crippen molar-refractivity contribution in [1.29, 1.82) is 0 Å². The lowest BCUT2D eigenvalue weighted by molar-refractivity contribution is 0.0519. The van der Waals surface area contributed by atoms with E-state index in [1.807, 2.05) is 17.8 Å². The van der Waals surface area contributed by atoms with Crippen LogP contribution in [0.25, 0.3) is 0 Å². The fourth-order valence-electron chi connectivity index (χ4n) is 1.57. The zero-order chi connectivity index (χ0) is 13.7. The van der Waals surface area contributed by atoms with Crippen molar-refractivity contribution in [3.05, 3.63) is 30.2 Å². The van der Waals surface area contributed by atoms with E-state index in [4.69, 9.17) is 9.15 Å². The number of rotatable bonds is 6. The van der Waals surface area contributed by atoms with E-state index in [9.17, 15) is 4.79 Å².